The van der Waals surface area contributed by atoms with Gasteiger partial charge in [-0.2, -0.15) is 0 Å². The van der Waals surface area contributed by atoms with E-state index in [1.807, 2.05) is 24.3 Å². The highest BCUT2D eigenvalue weighted by molar-refractivity contribution is 7.15. The molecule has 1 aliphatic heterocycles. The fourth-order valence-corrected chi connectivity index (χ4v) is 4.16. The summed E-state index contributed by atoms with van der Waals surface area (Å²) in [4.78, 5) is 20.2. The molecule has 0 atom stereocenters. The Kier molecular flexibility index (Phi) is 4.42. The number of ether oxygens (including phenoxy) is 1. The largest absolute Gasteiger partial charge is 0.497 e. The molecule has 132 valence electrons. The highest BCUT2D eigenvalue weighted by Gasteiger charge is 2.25. The third kappa shape index (κ3) is 3.20. The van der Waals surface area contributed by atoms with E-state index in [9.17, 15) is 9.18 Å². The number of nitrogens with zero attached hydrogens (tertiary/aromatic N) is 2. The Morgan fingerprint density at radius 2 is 2.04 bits per heavy atom. The summed E-state index contributed by atoms with van der Waals surface area (Å²) in [5.41, 5.74) is 2.46. The van der Waals surface area contributed by atoms with Crippen molar-refractivity contribution in [2.75, 3.05) is 13.7 Å². The van der Waals surface area contributed by atoms with E-state index in [0.717, 1.165) is 26.9 Å². The molecule has 0 bridgehead atoms. The number of benzene rings is 2. The van der Waals surface area contributed by atoms with Crippen molar-refractivity contribution in [3.05, 3.63) is 70.5 Å². The number of carbonyl (C=O) groups excluding carboxylic acids is 1. The van der Waals surface area contributed by atoms with Gasteiger partial charge in [0.1, 0.15) is 16.6 Å². The van der Waals surface area contributed by atoms with Gasteiger partial charge in [0.2, 0.25) is 0 Å². The summed E-state index contributed by atoms with van der Waals surface area (Å²) >= 11 is 1.60. The van der Waals surface area contributed by atoms with E-state index >= 15 is 0 Å². The van der Waals surface area contributed by atoms with Gasteiger partial charge < -0.3 is 9.64 Å². The van der Waals surface area contributed by atoms with Gasteiger partial charge in [0.25, 0.3) is 5.91 Å². The number of aromatic nitrogens is 1. The highest BCUT2D eigenvalue weighted by Crippen LogP contribution is 2.32. The Morgan fingerprint density at radius 3 is 2.77 bits per heavy atom. The molecule has 4 nitrogen and oxygen atoms in total. The van der Waals surface area contributed by atoms with Gasteiger partial charge in [0.15, 0.2) is 0 Å². The zero-order valence-electron chi connectivity index (χ0n) is 14.2. The average molecular weight is 368 g/mol. The topological polar surface area (TPSA) is 42.4 Å². The van der Waals surface area contributed by atoms with Crippen molar-refractivity contribution in [1.29, 1.82) is 0 Å². The van der Waals surface area contributed by atoms with Crippen molar-refractivity contribution in [3.8, 4) is 16.3 Å². The SMILES string of the molecule is COc1ccc(-c2nc3c(s2)CN(C(=O)c2cccc(F)c2)CC3)cc1. The lowest BCUT2D eigenvalue weighted by atomic mass is 10.1. The molecule has 0 unspecified atom stereocenters. The number of amides is 1. The van der Waals surface area contributed by atoms with Gasteiger partial charge in [-0.05, 0) is 42.5 Å². The summed E-state index contributed by atoms with van der Waals surface area (Å²) in [5, 5.41) is 0.942. The standard InChI is InChI=1S/C20H17FN2O2S/c1-25-16-7-5-13(6-8-16)19-22-17-9-10-23(12-18(17)26-19)20(24)14-3-2-4-15(21)11-14/h2-8,11H,9-10,12H2,1H3. The number of thiazole rings is 1. The molecule has 3 aromatic rings. The molecule has 0 spiro atoms. The Morgan fingerprint density at radius 1 is 1.23 bits per heavy atom. The molecule has 1 aliphatic rings. The van der Waals surface area contributed by atoms with Gasteiger partial charge in [0, 0.05) is 29.0 Å². The number of carbonyl (C=O) groups is 1. The maximum atomic E-state index is 13.4. The van der Waals surface area contributed by atoms with Crippen LogP contribution in [-0.2, 0) is 13.0 Å². The molecule has 0 aliphatic carbocycles. The highest BCUT2D eigenvalue weighted by atomic mass is 32.1. The number of hydrogen-bond acceptors (Lipinski definition) is 4. The normalized spacial score (nSPS) is 13.4. The first-order valence-electron chi connectivity index (χ1n) is 8.32. The lowest BCUT2D eigenvalue weighted by molar-refractivity contribution is 0.0735. The zero-order valence-corrected chi connectivity index (χ0v) is 15.1. The fourth-order valence-electron chi connectivity index (χ4n) is 3.03. The van der Waals surface area contributed by atoms with E-state index in [2.05, 4.69) is 0 Å². The van der Waals surface area contributed by atoms with Crippen LogP contribution in [0.5, 0.6) is 5.75 Å². The summed E-state index contributed by atoms with van der Waals surface area (Å²) in [6.45, 7) is 1.10. The van der Waals surface area contributed by atoms with Gasteiger partial charge >= 0.3 is 0 Å². The van der Waals surface area contributed by atoms with Crippen LogP contribution in [0.4, 0.5) is 4.39 Å². The average Bonchev–Trinajstić information content (AvgIpc) is 3.10. The van der Waals surface area contributed by atoms with Crippen LogP contribution in [0.15, 0.2) is 48.5 Å². The van der Waals surface area contributed by atoms with E-state index in [1.165, 1.54) is 12.1 Å². The molecule has 1 amide bonds. The van der Waals surface area contributed by atoms with Crippen LogP contribution in [-0.4, -0.2) is 29.4 Å². The molecule has 1 aromatic heterocycles. The van der Waals surface area contributed by atoms with Crippen LogP contribution in [0.25, 0.3) is 10.6 Å². The quantitative estimate of drug-likeness (QED) is 0.697. The van der Waals surface area contributed by atoms with Crippen molar-refractivity contribution in [2.45, 2.75) is 13.0 Å². The van der Waals surface area contributed by atoms with Gasteiger partial charge in [0.05, 0.1) is 19.3 Å². The minimum atomic E-state index is -0.395. The Hall–Kier alpha value is -2.73. The molecular weight excluding hydrogens is 351 g/mol. The zero-order chi connectivity index (χ0) is 18.1. The van der Waals surface area contributed by atoms with Crippen LogP contribution in [0.1, 0.15) is 20.9 Å². The van der Waals surface area contributed by atoms with Crippen molar-refractivity contribution in [3.63, 3.8) is 0 Å². The predicted octanol–water partition coefficient (Wildman–Crippen LogP) is 4.16. The lowest BCUT2D eigenvalue weighted by Crippen LogP contribution is -2.35. The van der Waals surface area contributed by atoms with E-state index in [-0.39, 0.29) is 5.91 Å². The molecule has 0 fully saturated rings. The van der Waals surface area contributed by atoms with Crippen LogP contribution in [0.3, 0.4) is 0 Å². The summed E-state index contributed by atoms with van der Waals surface area (Å²) in [6, 6.07) is 13.6. The molecular formula is C20H17FN2O2S. The monoisotopic (exact) mass is 368 g/mol. The summed E-state index contributed by atoms with van der Waals surface area (Å²) in [5.74, 6) is 0.268. The second-order valence-electron chi connectivity index (χ2n) is 6.10. The molecule has 0 saturated carbocycles. The van der Waals surface area contributed by atoms with Crippen molar-refractivity contribution in [1.82, 2.24) is 9.88 Å². The van der Waals surface area contributed by atoms with Gasteiger partial charge in [-0.1, -0.05) is 6.07 Å². The van der Waals surface area contributed by atoms with Crippen molar-refractivity contribution in [2.24, 2.45) is 0 Å². The van der Waals surface area contributed by atoms with Gasteiger partial charge in [-0.25, -0.2) is 9.37 Å². The summed E-state index contributed by atoms with van der Waals surface area (Å²) < 4.78 is 18.6. The smallest absolute Gasteiger partial charge is 0.254 e. The van der Waals surface area contributed by atoms with E-state index < -0.39 is 5.82 Å². The first-order chi connectivity index (χ1) is 12.6. The van der Waals surface area contributed by atoms with Crippen LogP contribution in [0, 0.1) is 5.82 Å². The minimum absolute atomic E-state index is 0.144. The van der Waals surface area contributed by atoms with E-state index in [0.29, 0.717) is 25.1 Å². The molecule has 0 saturated heterocycles. The molecule has 4 rings (SSSR count). The summed E-state index contributed by atoms with van der Waals surface area (Å²) in [6.07, 6.45) is 0.711. The minimum Gasteiger partial charge on any atom is -0.497 e. The number of hydrogen-bond donors (Lipinski definition) is 0. The number of rotatable bonds is 3. The number of fused-ring (bicyclic) bond motifs is 1. The van der Waals surface area contributed by atoms with Gasteiger partial charge in [-0.15, -0.1) is 11.3 Å². The maximum absolute atomic E-state index is 13.4. The van der Waals surface area contributed by atoms with Crippen LogP contribution in [0.2, 0.25) is 0 Å². The van der Waals surface area contributed by atoms with Crippen LogP contribution >= 0.6 is 11.3 Å². The third-order valence-corrected chi connectivity index (χ3v) is 5.56. The Balaban J connectivity index is 1.55. The molecule has 2 aromatic carbocycles. The Bertz CT molecular complexity index is 953. The van der Waals surface area contributed by atoms with Crippen LogP contribution < -0.4 is 4.74 Å². The van der Waals surface area contributed by atoms with Gasteiger partial charge in [-0.3, -0.25) is 4.79 Å². The first kappa shape index (κ1) is 16.7. The number of halogens is 1. The van der Waals surface area contributed by atoms with E-state index in [1.54, 1.807) is 35.5 Å². The molecule has 0 N–H and O–H groups in total. The van der Waals surface area contributed by atoms with Crippen molar-refractivity contribution >= 4 is 17.2 Å². The van der Waals surface area contributed by atoms with E-state index in [4.69, 9.17) is 9.72 Å². The maximum Gasteiger partial charge on any atom is 0.254 e. The molecule has 26 heavy (non-hydrogen) atoms. The first-order valence-corrected chi connectivity index (χ1v) is 9.13. The second-order valence-corrected chi connectivity index (χ2v) is 7.19. The molecule has 6 heteroatoms. The number of methoxy groups -OCH3 is 1. The molecule has 2 heterocycles. The lowest BCUT2D eigenvalue weighted by Gasteiger charge is -2.26. The predicted molar refractivity (Wildman–Crippen MR) is 98.9 cm³/mol. The second kappa shape index (κ2) is 6.88. The van der Waals surface area contributed by atoms with Crippen molar-refractivity contribution < 1.29 is 13.9 Å². The third-order valence-electron chi connectivity index (χ3n) is 4.43. The fraction of sp³-hybridized carbons (Fsp3) is 0.200. The molecule has 0 radical (unpaired) electrons. The summed E-state index contributed by atoms with van der Waals surface area (Å²) in [7, 11) is 1.64. The Labute approximate surface area is 154 Å².